The molecule has 5 nitrogen and oxygen atoms in total. The van der Waals surface area contributed by atoms with Gasteiger partial charge in [-0.25, -0.2) is 0 Å². The molecule has 1 aliphatic heterocycles. The van der Waals surface area contributed by atoms with Gasteiger partial charge in [-0.2, -0.15) is 8.42 Å². The molecule has 0 saturated carbocycles. The number of amidine groups is 1. The van der Waals surface area contributed by atoms with Crippen LogP contribution in [0, 0.1) is 6.92 Å². The Morgan fingerprint density at radius 1 is 1.12 bits per heavy atom. The summed E-state index contributed by atoms with van der Waals surface area (Å²) in [6.07, 6.45) is 0. The molecular weight excluding hydrogens is 404 g/mol. The van der Waals surface area contributed by atoms with E-state index in [9.17, 15) is 8.42 Å². The van der Waals surface area contributed by atoms with Gasteiger partial charge >= 0.3 is 0 Å². The highest BCUT2D eigenvalue weighted by Crippen LogP contribution is 2.35. The van der Waals surface area contributed by atoms with E-state index < -0.39 is 10.0 Å². The van der Waals surface area contributed by atoms with Gasteiger partial charge in [-0.05, 0) is 49.2 Å². The Morgan fingerprint density at radius 3 is 2.56 bits per heavy atom. The van der Waals surface area contributed by atoms with E-state index in [1.54, 1.807) is 32.2 Å². The third-order valence-electron chi connectivity index (χ3n) is 3.86. The summed E-state index contributed by atoms with van der Waals surface area (Å²) < 4.78 is 35.2. The van der Waals surface area contributed by atoms with E-state index >= 15 is 0 Å². The lowest BCUT2D eigenvalue weighted by Gasteiger charge is -2.12. The van der Waals surface area contributed by atoms with Crippen LogP contribution in [0.1, 0.15) is 18.1 Å². The van der Waals surface area contributed by atoms with Gasteiger partial charge in [-0.3, -0.25) is 0 Å². The quantitative estimate of drug-likeness (QED) is 0.800. The number of hydrogen-bond donors (Lipinski definition) is 1. The Bertz CT molecular complexity index is 1010. The van der Waals surface area contributed by atoms with Crippen LogP contribution in [0.4, 0.5) is 5.69 Å². The van der Waals surface area contributed by atoms with Crippen molar-refractivity contribution in [2.75, 3.05) is 12.4 Å². The molecule has 0 bridgehead atoms. The molecule has 25 heavy (non-hydrogen) atoms. The number of aryl methyl sites for hydroxylation is 1. The fourth-order valence-corrected chi connectivity index (χ4v) is 4.52. The number of hydrogen-bond acceptors (Lipinski definition) is 4. The molecule has 0 saturated heterocycles. The van der Waals surface area contributed by atoms with Gasteiger partial charge in [0.15, 0.2) is 0 Å². The maximum absolute atomic E-state index is 12.6. The summed E-state index contributed by atoms with van der Waals surface area (Å²) >= 11 is 3.38. The second-order valence-corrected chi connectivity index (χ2v) is 8.16. The summed E-state index contributed by atoms with van der Waals surface area (Å²) in [6, 6.07) is 12.8. The largest absolute Gasteiger partial charge is 0.495 e. The first kappa shape index (κ1) is 17.7. The smallest absolute Gasteiger partial charge is 0.285 e. The first-order chi connectivity index (χ1) is 11.8. The van der Waals surface area contributed by atoms with Crippen LogP contribution in [0.2, 0.25) is 0 Å². The summed E-state index contributed by atoms with van der Waals surface area (Å²) in [5.41, 5.74) is 2.87. The van der Waals surface area contributed by atoms with Gasteiger partial charge in [0.1, 0.15) is 16.5 Å². The van der Waals surface area contributed by atoms with E-state index in [2.05, 4.69) is 25.6 Å². The van der Waals surface area contributed by atoms with E-state index in [1.165, 1.54) is 0 Å². The zero-order valence-electron chi connectivity index (χ0n) is 14.0. The molecule has 0 radical (unpaired) electrons. The van der Waals surface area contributed by atoms with Gasteiger partial charge in [0.2, 0.25) is 0 Å². The lowest BCUT2D eigenvalue weighted by atomic mass is 10.1. The highest BCUT2D eigenvalue weighted by molar-refractivity contribution is 9.10. The van der Waals surface area contributed by atoms with Crippen molar-refractivity contribution in [3.8, 4) is 5.75 Å². The van der Waals surface area contributed by atoms with Crippen LogP contribution < -0.4 is 10.1 Å². The molecule has 1 N–H and O–H groups in total. The Labute approximate surface area is 155 Å². The van der Waals surface area contributed by atoms with E-state index in [4.69, 9.17) is 4.74 Å². The predicted molar refractivity (Wildman–Crippen MR) is 104 cm³/mol. The molecular formula is C18H17BrN2O3S. The number of methoxy groups -OCH3 is 1. The molecule has 0 amide bonds. The third kappa shape index (κ3) is 3.48. The second-order valence-electron chi connectivity index (χ2n) is 5.71. The zero-order valence-corrected chi connectivity index (χ0v) is 16.4. The fourth-order valence-electron chi connectivity index (χ4n) is 2.69. The number of nitrogens with zero attached hydrogens (tertiary/aromatic N) is 1. The van der Waals surface area contributed by atoms with Gasteiger partial charge < -0.3 is 10.1 Å². The summed E-state index contributed by atoms with van der Waals surface area (Å²) in [4.78, 5) is 0.211. The van der Waals surface area contributed by atoms with Crippen LogP contribution in [0.3, 0.4) is 0 Å². The first-order valence-electron chi connectivity index (χ1n) is 7.55. The molecule has 0 spiro atoms. The monoisotopic (exact) mass is 420 g/mol. The molecule has 0 fully saturated rings. The van der Waals surface area contributed by atoms with Crippen molar-refractivity contribution in [1.29, 1.82) is 0 Å². The highest BCUT2D eigenvalue weighted by Gasteiger charge is 2.31. The lowest BCUT2D eigenvalue weighted by molar-refractivity contribution is 0.417. The Morgan fingerprint density at radius 2 is 1.88 bits per heavy atom. The Hall–Kier alpha value is -2.12. The summed E-state index contributed by atoms with van der Waals surface area (Å²) in [5, 5.41) is 3.10. The molecule has 2 aromatic rings. The van der Waals surface area contributed by atoms with Crippen LogP contribution in [-0.2, 0) is 10.0 Å². The lowest BCUT2D eigenvalue weighted by Crippen LogP contribution is -2.12. The normalized spacial score (nSPS) is 15.9. The first-order valence-corrected chi connectivity index (χ1v) is 9.79. The summed E-state index contributed by atoms with van der Waals surface area (Å²) in [5.74, 6) is 0.924. The minimum atomic E-state index is -3.76. The average Bonchev–Trinajstić information content (AvgIpc) is 2.76. The summed E-state index contributed by atoms with van der Waals surface area (Å²) in [6.45, 7) is 3.70. The number of rotatable bonds is 3. The maximum Gasteiger partial charge on any atom is 0.285 e. The topological polar surface area (TPSA) is 67.8 Å². The Balaban J connectivity index is 2.06. The molecule has 0 unspecified atom stereocenters. The average molecular weight is 421 g/mol. The third-order valence-corrected chi connectivity index (χ3v) is 5.83. The minimum Gasteiger partial charge on any atom is -0.495 e. The minimum absolute atomic E-state index is 0.211. The highest BCUT2D eigenvalue weighted by atomic mass is 79.9. The van der Waals surface area contributed by atoms with Crippen molar-refractivity contribution in [3.63, 3.8) is 0 Å². The van der Waals surface area contributed by atoms with E-state index in [0.717, 1.165) is 10.0 Å². The number of sulfonamides is 1. The van der Waals surface area contributed by atoms with Gasteiger partial charge in [-0.15, -0.1) is 4.40 Å². The SMILES string of the molecule is COc1ccc(C)cc1NC1=NS(=O)(=O)C(c2cccc(Br)c2)=C1C. The number of benzene rings is 2. The predicted octanol–water partition coefficient (Wildman–Crippen LogP) is 4.35. The molecule has 2 aromatic carbocycles. The van der Waals surface area contributed by atoms with Crippen LogP contribution in [0.15, 0.2) is 56.9 Å². The molecule has 0 aliphatic carbocycles. The van der Waals surface area contributed by atoms with E-state index in [0.29, 0.717) is 28.4 Å². The van der Waals surface area contributed by atoms with Gasteiger partial charge in [0.25, 0.3) is 10.0 Å². The van der Waals surface area contributed by atoms with Gasteiger partial charge in [0, 0.05) is 10.0 Å². The molecule has 1 heterocycles. The molecule has 7 heteroatoms. The van der Waals surface area contributed by atoms with Gasteiger partial charge in [0.05, 0.1) is 12.8 Å². The van der Waals surface area contributed by atoms with Gasteiger partial charge in [-0.1, -0.05) is 34.1 Å². The van der Waals surface area contributed by atoms with E-state index in [-0.39, 0.29) is 4.91 Å². The molecule has 1 aliphatic rings. The number of nitrogens with one attached hydrogen (secondary N) is 1. The van der Waals surface area contributed by atoms with Crippen LogP contribution in [0.5, 0.6) is 5.75 Å². The van der Waals surface area contributed by atoms with Crippen molar-refractivity contribution >= 4 is 42.4 Å². The van der Waals surface area contributed by atoms with Crippen molar-refractivity contribution in [1.82, 2.24) is 0 Å². The molecule has 130 valence electrons. The van der Waals surface area contributed by atoms with Crippen LogP contribution >= 0.6 is 15.9 Å². The Kier molecular flexibility index (Phi) is 4.71. The van der Waals surface area contributed by atoms with Crippen molar-refractivity contribution in [3.05, 3.63) is 63.6 Å². The molecule has 3 rings (SSSR count). The second kappa shape index (κ2) is 6.65. The number of anilines is 1. The van der Waals surface area contributed by atoms with E-state index in [1.807, 2.05) is 31.2 Å². The number of ether oxygens (including phenoxy) is 1. The number of halogens is 1. The standard InChI is InChI=1S/C18H17BrN2O3S/c1-11-7-8-16(24-3)15(9-11)20-18-12(2)17(25(22,23)21-18)13-5-4-6-14(19)10-13/h4-10H,1-3H3,(H,20,21). The van der Waals surface area contributed by atoms with Crippen molar-refractivity contribution < 1.29 is 13.2 Å². The van der Waals surface area contributed by atoms with Crippen LogP contribution in [-0.4, -0.2) is 21.4 Å². The summed E-state index contributed by atoms with van der Waals surface area (Å²) in [7, 11) is -2.19. The maximum atomic E-state index is 12.6. The molecule has 0 aromatic heterocycles. The fraction of sp³-hybridized carbons (Fsp3) is 0.167. The van der Waals surface area contributed by atoms with Crippen molar-refractivity contribution in [2.24, 2.45) is 4.40 Å². The van der Waals surface area contributed by atoms with Crippen molar-refractivity contribution in [2.45, 2.75) is 13.8 Å². The molecule has 0 atom stereocenters. The zero-order chi connectivity index (χ0) is 18.2. The van der Waals surface area contributed by atoms with Crippen LogP contribution in [0.25, 0.3) is 4.91 Å².